The molecule has 0 aliphatic rings. The van der Waals surface area contributed by atoms with E-state index in [0.717, 1.165) is 73.5 Å². The second-order valence-electron chi connectivity index (χ2n) is 22.2. The van der Waals surface area contributed by atoms with Gasteiger partial charge in [0.25, 0.3) is 0 Å². The minimum atomic E-state index is 1.02. The van der Waals surface area contributed by atoms with E-state index in [1.165, 1.54) is 76.2 Å². The second-order valence-corrected chi connectivity index (χ2v) is 22.2. The second kappa shape index (κ2) is 19.8. The SMILES string of the molecule is C=Cc1ccc2c(c1)c1ccccc1n2-c1ccc(N(c2ccc(-n3c4ccccc4c4ccccc43)cc2)c2cccc(N(c3ccc(-n4c5ccccc5c5ccccc54)cc3)c3ccc(-n4c5ccccc5c5ccccc54)cc3)c2)cc1. The molecule has 0 saturated heterocycles. The van der Waals surface area contributed by atoms with Crippen LogP contribution in [-0.4, -0.2) is 18.3 Å². The molecule has 0 aliphatic carbocycles. The van der Waals surface area contributed by atoms with Gasteiger partial charge >= 0.3 is 0 Å². The van der Waals surface area contributed by atoms with E-state index >= 15 is 0 Å². The highest BCUT2D eigenvalue weighted by atomic mass is 15.2. The average Bonchev–Trinajstić information content (AvgIpc) is 2.08. The number of aromatic nitrogens is 4. The molecule has 86 heavy (non-hydrogen) atoms. The number of nitrogens with zero attached hydrogens (tertiary/aromatic N) is 6. The third kappa shape index (κ3) is 7.74. The van der Waals surface area contributed by atoms with E-state index in [1.807, 2.05) is 6.08 Å². The zero-order chi connectivity index (χ0) is 56.8. The molecule has 13 aromatic carbocycles. The fourth-order valence-corrected chi connectivity index (χ4v) is 13.7. The van der Waals surface area contributed by atoms with Crippen LogP contribution in [0.1, 0.15) is 5.56 Å². The highest BCUT2D eigenvalue weighted by molar-refractivity contribution is 6.12. The molecule has 0 N–H and O–H groups in total. The van der Waals surface area contributed by atoms with Crippen molar-refractivity contribution in [1.82, 2.24) is 18.3 Å². The number of rotatable bonds is 11. The molecule has 0 amide bonds. The Labute approximate surface area is 497 Å². The first-order valence-corrected chi connectivity index (χ1v) is 29.4. The van der Waals surface area contributed by atoms with Gasteiger partial charge in [-0.05, 0) is 175 Å². The molecule has 6 nitrogen and oxygen atoms in total. The molecule has 17 aromatic rings. The Morgan fingerprint density at radius 3 is 0.721 bits per heavy atom. The Morgan fingerprint density at radius 2 is 0.453 bits per heavy atom. The summed E-state index contributed by atoms with van der Waals surface area (Å²) in [7, 11) is 0. The van der Waals surface area contributed by atoms with Crippen LogP contribution >= 0.6 is 0 Å². The molecule has 4 aromatic heterocycles. The summed E-state index contributed by atoms with van der Waals surface area (Å²) >= 11 is 0. The molecule has 0 spiro atoms. The van der Waals surface area contributed by atoms with Crippen LogP contribution in [0.15, 0.2) is 316 Å². The normalized spacial score (nSPS) is 11.8. The summed E-state index contributed by atoms with van der Waals surface area (Å²) in [5, 5.41) is 9.85. The van der Waals surface area contributed by atoms with Gasteiger partial charge < -0.3 is 28.1 Å². The third-order valence-corrected chi connectivity index (χ3v) is 17.5. The van der Waals surface area contributed by atoms with Crippen LogP contribution in [0.25, 0.3) is 116 Å². The Balaban J connectivity index is 0.824. The predicted molar refractivity (Wildman–Crippen MR) is 363 cm³/mol. The first-order chi connectivity index (χ1) is 42.6. The van der Waals surface area contributed by atoms with Crippen LogP contribution in [0.4, 0.5) is 34.1 Å². The van der Waals surface area contributed by atoms with Gasteiger partial charge in [0.1, 0.15) is 0 Å². The lowest BCUT2D eigenvalue weighted by atomic mass is 10.1. The molecule has 6 heteroatoms. The quantitative estimate of drug-likeness (QED) is 0.129. The summed E-state index contributed by atoms with van der Waals surface area (Å²) in [4.78, 5) is 4.78. The van der Waals surface area contributed by atoms with Crippen molar-refractivity contribution in [2.45, 2.75) is 0 Å². The van der Waals surface area contributed by atoms with E-state index in [9.17, 15) is 0 Å². The zero-order valence-electron chi connectivity index (χ0n) is 46.9. The zero-order valence-corrected chi connectivity index (χ0v) is 46.9. The first-order valence-electron chi connectivity index (χ1n) is 29.4. The van der Waals surface area contributed by atoms with Crippen LogP contribution in [0.3, 0.4) is 0 Å². The highest BCUT2D eigenvalue weighted by Crippen LogP contribution is 2.44. The van der Waals surface area contributed by atoms with Gasteiger partial charge in [0.05, 0.1) is 44.1 Å². The monoisotopic (exact) mass is 1100 g/mol. The van der Waals surface area contributed by atoms with Crippen molar-refractivity contribution < 1.29 is 0 Å². The summed E-state index contributed by atoms with van der Waals surface area (Å²) in [6, 6.07) is 113. The Kier molecular flexibility index (Phi) is 11.3. The van der Waals surface area contributed by atoms with Gasteiger partial charge in [-0.2, -0.15) is 0 Å². The lowest BCUT2D eigenvalue weighted by Crippen LogP contribution is -2.13. The van der Waals surface area contributed by atoms with Gasteiger partial charge in [0, 0.05) is 100.0 Å². The smallest absolute Gasteiger partial charge is 0.0541 e. The van der Waals surface area contributed by atoms with E-state index in [-0.39, 0.29) is 0 Å². The Hall–Kier alpha value is -11.6. The van der Waals surface area contributed by atoms with Crippen molar-refractivity contribution in [3.05, 3.63) is 322 Å². The Morgan fingerprint density at radius 1 is 0.209 bits per heavy atom. The minimum Gasteiger partial charge on any atom is -0.310 e. The number of benzene rings is 13. The summed E-state index contributed by atoms with van der Waals surface area (Å²) in [6.45, 7) is 4.09. The van der Waals surface area contributed by atoms with Crippen LogP contribution in [0, 0.1) is 0 Å². The fourth-order valence-electron chi connectivity index (χ4n) is 13.7. The van der Waals surface area contributed by atoms with Crippen molar-refractivity contribution in [3.63, 3.8) is 0 Å². The lowest BCUT2D eigenvalue weighted by Gasteiger charge is -2.30. The molecule has 404 valence electrons. The van der Waals surface area contributed by atoms with E-state index in [1.54, 1.807) is 0 Å². The number of hydrogen-bond acceptors (Lipinski definition) is 2. The summed E-state index contributed by atoms with van der Waals surface area (Å²) in [5.41, 5.74) is 21.0. The van der Waals surface area contributed by atoms with Crippen LogP contribution in [-0.2, 0) is 0 Å². The molecule has 4 heterocycles. The van der Waals surface area contributed by atoms with E-state index in [2.05, 4.69) is 344 Å². The summed E-state index contributed by atoms with van der Waals surface area (Å²) in [5.74, 6) is 0. The van der Waals surface area contributed by atoms with Gasteiger partial charge in [-0.3, -0.25) is 0 Å². The number of fused-ring (bicyclic) bond motifs is 12. The number of hydrogen-bond donors (Lipinski definition) is 0. The molecule has 0 aliphatic heterocycles. The fraction of sp³-hybridized carbons (Fsp3) is 0. The largest absolute Gasteiger partial charge is 0.310 e. The maximum atomic E-state index is 4.09. The predicted octanol–water partition coefficient (Wildman–Crippen LogP) is 21.7. The van der Waals surface area contributed by atoms with Crippen molar-refractivity contribution in [2.75, 3.05) is 9.80 Å². The highest BCUT2D eigenvalue weighted by Gasteiger charge is 2.22. The minimum absolute atomic E-state index is 1.02. The molecule has 0 radical (unpaired) electrons. The van der Waals surface area contributed by atoms with Crippen molar-refractivity contribution in [1.29, 1.82) is 0 Å². The lowest BCUT2D eigenvalue weighted by molar-refractivity contribution is 1.16. The maximum Gasteiger partial charge on any atom is 0.0541 e. The average molecular weight is 1100 g/mol. The van der Waals surface area contributed by atoms with Gasteiger partial charge in [-0.25, -0.2) is 0 Å². The molecule has 0 atom stereocenters. The summed E-state index contributed by atoms with van der Waals surface area (Å²) < 4.78 is 9.53. The van der Waals surface area contributed by atoms with E-state index in [0.29, 0.717) is 0 Å². The molecule has 0 bridgehead atoms. The molecule has 0 saturated carbocycles. The molecular weight excluding hydrogens is 1040 g/mol. The van der Waals surface area contributed by atoms with Gasteiger partial charge in [0.2, 0.25) is 0 Å². The first kappa shape index (κ1) is 49.0. The maximum absolute atomic E-state index is 4.09. The molecule has 17 rings (SSSR count). The van der Waals surface area contributed by atoms with Crippen molar-refractivity contribution >= 4 is 127 Å². The molecular formula is C80H54N6. The third-order valence-electron chi connectivity index (χ3n) is 17.5. The van der Waals surface area contributed by atoms with Gasteiger partial charge in [-0.15, -0.1) is 0 Å². The van der Waals surface area contributed by atoms with Crippen molar-refractivity contribution in [2.24, 2.45) is 0 Å². The van der Waals surface area contributed by atoms with Gasteiger partial charge in [-0.1, -0.05) is 152 Å². The Bertz CT molecular complexity index is 5170. The van der Waals surface area contributed by atoms with Crippen LogP contribution in [0.5, 0.6) is 0 Å². The van der Waals surface area contributed by atoms with Crippen LogP contribution in [0.2, 0.25) is 0 Å². The van der Waals surface area contributed by atoms with Gasteiger partial charge in [0.15, 0.2) is 0 Å². The van der Waals surface area contributed by atoms with E-state index in [4.69, 9.17) is 0 Å². The molecule has 0 fully saturated rings. The molecule has 0 unspecified atom stereocenters. The number of para-hydroxylation sites is 7. The van der Waals surface area contributed by atoms with E-state index < -0.39 is 0 Å². The van der Waals surface area contributed by atoms with Crippen LogP contribution < -0.4 is 9.80 Å². The number of anilines is 6. The summed E-state index contributed by atoms with van der Waals surface area (Å²) in [6.07, 6.45) is 1.92. The topological polar surface area (TPSA) is 26.2 Å². The standard InChI is InChI=1S/C80H54N6/c1-2-54-34-51-80-72(52-54)71-26-9-16-33-79(71)86(80)62-49-41-58(42-50-62)82(57-39-47-61(48-40-57)85-77-31-14-7-24-69(77)70-25-8-15-32-78(70)85)64-19-17-18-63(53-64)81(55-35-43-59(44-36-55)83-73-27-10-3-20-65(73)66-21-4-11-28-74(66)83)56-37-45-60(46-38-56)84-75-29-12-5-22-67(75)68-23-6-13-30-76(68)84/h2-53H,1H2. The van der Waals surface area contributed by atoms with Crippen molar-refractivity contribution in [3.8, 4) is 22.7 Å².